The van der Waals surface area contributed by atoms with Gasteiger partial charge in [0.15, 0.2) is 5.78 Å². The van der Waals surface area contributed by atoms with Gasteiger partial charge in [0.25, 0.3) is 0 Å². The van der Waals surface area contributed by atoms with E-state index in [1.165, 1.54) is 12.1 Å². The van der Waals surface area contributed by atoms with E-state index in [1.54, 1.807) is 29.8 Å². The third-order valence-electron chi connectivity index (χ3n) is 6.04. The molecule has 0 saturated heterocycles. The van der Waals surface area contributed by atoms with E-state index < -0.39 is 27.9 Å². The van der Waals surface area contributed by atoms with Gasteiger partial charge in [-0.15, -0.1) is 0 Å². The van der Waals surface area contributed by atoms with Crippen LogP contribution in [0.1, 0.15) is 35.1 Å². The minimum absolute atomic E-state index is 0.0367. The highest BCUT2D eigenvalue weighted by Crippen LogP contribution is 2.29. The number of imidazole rings is 1. The molecule has 15 heteroatoms. The lowest BCUT2D eigenvalue weighted by Gasteiger charge is -2.29. The van der Waals surface area contributed by atoms with Gasteiger partial charge in [-0.25, -0.2) is 13.7 Å². The standard InChI is InChI=1S/C23H23ClF4N6O3S/c1-3-17-22(33-12-15(24)18(29-2)11-21(33)31-17)20(35)7-5-14-4-6-19(16(25)10-14)34-9-8-32(13-30-34)38(36,37)23(26,27)28/h4,6,10-13,29H,3,5,7-9H2,1-2H3. The van der Waals surface area contributed by atoms with Crippen molar-refractivity contribution in [3.8, 4) is 0 Å². The van der Waals surface area contributed by atoms with Gasteiger partial charge in [-0.05, 0) is 30.5 Å². The Kier molecular flexibility index (Phi) is 7.57. The molecule has 0 aliphatic carbocycles. The molecule has 2 aromatic heterocycles. The van der Waals surface area contributed by atoms with Crippen LogP contribution in [0, 0.1) is 5.82 Å². The van der Waals surface area contributed by atoms with Crippen molar-refractivity contribution in [2.24, 2.45) is 5.10 Å². The molecule has 1 aliphatic heterocycles. The third kappa shape index (κ3) is 5.14. The van der Waals surface area contributed by atoms with E-state index in [2.05, 4.69) is 15.4 Å². The number of pyridine rings is 1. The van der Waals surface area contributed by atoms with Crippen LogP contribution in [0.15, 0.2) is 35.6 Å². The molecule has 3 heterocycles. The smallest absolute Gasteiger partial charge is 0.387 e. The molecule has 1 aliphatic rings. The van der Waals surface area contributed by atoms with Gasteiger partial charge in [0.2, 0.25) is 0 Å². The van der Waals surface area contributed by atoms with Crippen LogP contribution in [-0.4, -0.2) is 59.9 Å². The fraction of sp³-hybridized carbons (Fsp3) is 0.348. The molecule has 0 radical (unpaired) electrons. The lowest BCUT2D eigenvalue weighted by atomic mass is 10.0. The van der Waals surface area contributed by atoms with E-state index in [0.717, 1.165) is 5.01 Å². The molecule has 1 N–H and O–H groups in total. The molecule has 204 valence electrons. The number of hydrazone groups is 1. The topological polar surface area (TPSA) is 99.4 Å². The molecule has 0 saturated carbocycles. The van der Waals surface area contributed by atoms with E-state index in [4.69, 9.17) is 11.6 Å². The zero-order valence-corrected chi connectivity index (χ0v) is 21.8. The van der Waals surface area contributed by atoms with Crippen LogP contribution in [0.5, 0.6) is 0 Å². The minimum Gasteiger partial charge on any atom is -0.387 e. The molecule has 0 atom stereocenters. The van der Waals surface area contributed by atoms with Crippen molar-refractivity contribution in [3.05, 3.63) is 58.3 Å². The number of fused-ring (bicyclic) bond motifs is 1. The molecule has 4 rings (SSSR count). The highest BCUT2D eigenvalue weighted by atomic mass is 35.5. The first-order chi connectivity index (χ1) is 17.9. The SMILES string of the molecule is CCc1nc2cc(NC)c(Cl)cn2c1C(=O)CCc1ccc(N2CCN(S(=O)(=O)C(F)(F)F)C=N2)c(F)c1. The van der Waals surface area contributed by atoms with Gasteiger partial charge in [0.1, 0.15) is 23.5 Å². The van der Waals surface area contributed by atoms with Gasteiger partial charge < -0.3 is 5.32 Å². The monoisotopic (exact) mass is 574 g/mol. The number of nitrogens with one attached hydrogen (secondary N) is 1. The maximum atomic E-state index is 14.8. The van der Waals surface area contributed by atoms with Crippen LogP contribution in [0.2, 0.25) is 5.02 Å². The summed E-state index contributed by atoms with van der Waals surface area (Å²) in [7, 11) is -3.84. The summed E-state index contributed by atoms with van der Waals surface area (Å²) in [5.74, 6) is -0.909. The number of rotatable bonds is 8. The second-order valence-corrected chi connectivity index (χ2v) is 10.7. The van der Waals surface area contributed by atoms with Crippen LogP contribution in [-0.2, 0) is 22.9 Å². The second-order valence-electron chi connectivity index (χ2n) is 8.40. The summed E-state index contributed by atoms with van der Waals surface area (Å²) >= 11 is 6.29. The number of hydrogen-bond acceptors (Lipinski definition) is 7. The Bertz CT molecular complexity index is 1520. The summed E-state index contributed by atoms with van der Waals surface area (Å²) in [5, 5.41) is 8.12. The molecule has 0 unspecified atom stereocenters. The average molecular weight is 575 g/mol. The van der Waals surface area contributed by atoms with Crippen molar-refractivity contribution >= 4 is 50.8 Å². The molecule has 0 amide bonds. The Morgan fingerprint density at radius 2 is 1.95 bits per heavy atom. The molecule has 0 spiro atoms. The van der Waals surface area contributed by atoms with Crippen molar-refractivity contribution in [2.45, 2.75) is 31.7 Å². The number of anilines is 2. The Balaban J connectivity index is 1.48. The highest BCUT2D eigenvalue weighted by Gasteiger charge is 2.50. The van der Waals surface area contributed by atoms with Crippen molar-refractivity contribution in [1.82, 2.24) is 13.7 Å². The van der Waals surface area contributed by atoms with Crippen molar-refractivity contribution in [1.29, 1.82) is 0 Å². The summed E-state index contributed by atoms with van der Waals surface area (Å²) < 4.78 is 77.8. The largest absolute Gasteiger partial charge is 0.516 e. The highest BCUT2D eigenvalue weighted by molar-refractivity contribution is 7.90. The first kappa shape index (κ1) is 27.6. The van der Waals surface area contributed by atoms with Crippen molar-refractivity contribution in [2.75, 3.05) is 30.5 Å². The van der Waals surface area contributed by atoms with E-state index in [9.17, 15) is 30.8 Å². The van der Waals surface area contributed by atoms with Gasteiger partial charge in [0.05, 0.1) is 35.2 Å². The van der Waals surface area contributed by atoms with Crippen LogP contribution >= 0.6 is 11.6 Å². The summed E-state index contributed by atoms with van der Waals surface area (Å²) in [4.78, 5) is 17.7. The molecule has 1 aromatic carbocycles. The first-order valence-electron chi connectivity index (χ1n) is 11.5. The van der Waals surface area contributed by atoms with Gasteiger partial charge in [-0.3, -0.25) is 14.2 Å². The minimum atomic E-state index is -5.57. The number of sulfonamides is 1. The number of halogens is 5. The summed E-state index contributed by atoms with van der Waals surface area (Å²) in [5.41, 5.74) is -2.72. The number of aromatic nitrogens is 2. The fourth-order valence-electron chi connectivity index (χ4n) is 4.06. The molecule has 9 nitrogen and oxygen atoms in total. The van der Waals surface area contributed by atoms with Crippen LogP contribution in [0.4, 0.5) is 28.9 Å². The number of Topliss-reactive ketones (excluding diaryl/α,β-unsaturated/α-hetero) is 1. The number of alkyl halides is 3. The summed E-state index contributed by atoms with van der Waals surface area (Å²) in [6.07, 6.45) is 2.94. The zero-order chi connectivity index (χ0) is 27.8. The molecular formula is C23H23ClF4N6O3S. The maximum Gasteiger partial charge on any atom is 0.516 e. The van der Waals surface area contributed by atoms with Crippen LogP contribution in [0.3, 0.4) is 0 Å². The van der Waals surface area contributed by atoms with Gasteiger partial charge in [0, 0.05) is 25.7 Å². The number of carbonyl (C=O) groups excluding carboxylic acids is 1. The summed E-state index contributed by atoms with van der Waals surface area (Å²) in [6, 6.07) is 5.91. The quantitative estimate of drug-likeness (QED) is 0.315. The third-order valence-corrected chi connectivity index (χ3v) is 7.82. The molecular weight excluding hydrogens is 552 g/mol. The predicted molar refractivity (Wildman–Crippen MR) is 136 cm³/mol. The number of ketones is 1. The lowest BCUT2D eigenvalue weighted by molar-refractivity contribution is -0.0471. The number of hydrogen-bond donors (Lipinski definition) is 1. The molecule has 3 aromatic rings. The predicted octanol–water partition coefficient (Wildman–Crippen LogP) is 4.46. The second kappa shape index (κ2) is 10.4. The molecule has 38 heavy (non-hydrogen) atoms. The Hall–Kier alpha value is -3.39. The van der Waals surface area contributed by atoms with Gasteiger partial charge in [-0.1, -0.05) is 24.6 Å². The lowest BCUT2D eigenvalue weighted by Crippen LogP contribution is -2.46. The van der Waals surface area contributed by atoms with E-state index in [0.29, 0.717) is 46.1 Å². The fourth-order valence-corrected chi connectivity index (χ4v) is 5.06. The zero-order valence-electron chi connectivity index (χ0n) is 20.3. The Morgan fingerprint density at radius 1 is 1.21 bits per heavy atom. The number of benzene rings is 1. The van der Waals surface area contributed by atoms with Crippen molar-refractivity contribution in [3.63, 3.8) is 0 Å². The van der Waals surface area contributed by atoms with Crippen molar-refractivity contribution < 1.29 is 30.8 Å². The maximum absolute atomic E-state index is 14.8. The van der Waals surface area contributed by atoms with E-state index >= 15 is 0 Å². The Labute approximate surface area is 220 Å². The van der Waals surface area contributed by atoms with E-state index in [-0.39, 0.29) is 35.2 Å². The van der Waals surface area contributed by atoms with Crippen LogP contribution in [0.25, 0.3) is 5.65 Å². The summed E-state index contributed by atoms with van der Waals surface area (Å²) in [6.45, 7) is 1.04. The molecule has 0 fully saturated rings. The number of nitrogens with zero attached hydrogens (tertiary/aromatic N) is 5. The Morgan fingerprint density at radius 3 is 2.53 bits per heavy atom. The van der Waals surface area contributed by atoms with Crippen LogP contribution < -0.4 is 10.3 Å². The van der Waals surface area contributed by atoms with E-state index in [1.807, 2.05) is 6.92 Å². The van der Waals surface area contributed by atoms with Gasteiger partial charge >= 0.3 is 15.5 Å². The normalized spacial score (nSPS) is 14.4. The number of carbonyl (C=O) groups is 1. The average Bonchev–Trinajstić information content (AvgIpc) is 3.23. The molecule has 0 bridgehead atoms. The number of aryl methyl sites for hydroxylation is 2. The first-order valence-corrected chi connectivity index (χ1v) is 13.3. The van der Waals surface area contributed by atoms with Gasteiger partial charge in [-0.2, -0.15) is 26.7 Å².